The molecule has 18 heavy (non-hydrogen) atoms. The zero-order valence-electron chi connectivity index (χ0n) is 10.6. The number of ketones is 1. The number of rotatable bonds is 5. The van der Waals surface area contributed by atoms with Gasteiger partial charge < -0.3 is 5.43 Å². The third-order valence-corrected chi connectivity index (χ3v) is 2.90. The summed E-state index contributed by atoms with van der Waals surface area (Å²) in [5.74, 6) is -0.294. The molecular weight excluding hydrogens is 246 g/mol. The number of carbonyl (C=O) groups is 1. The Morgan fingerprint density at radius 1 is 1.56 bits per heavy atom. The van der Waals surface area contributed by atoms with Crippen LogP contribution in [0.2, 0.25) is 0 Å². The van der Waals surface area contributed by atoms with Gasteiger partial charge in [-0.2, -0.15) is 5.26 Å². The summed E-state index contributed by atoms with van der Waals surface area (Å²) in [5.41, 5.74) is 3.57. The van der Waals surface area contributed by atoms with E-state index in [0.29, 0.717) is 5.70 Å². The molecule has 0 saturated carbocycles. The topological polar surface area (TPSA) is 56.1 Å². The third-order valence-electron chi connectivity index (χ3n) is 2.07. The van der Waals surface area contributed by atoms with Crippen molar-refractivity contribution in [2.75, 3.05) is 14.1 Å². The van der Waals surface area contributed by atoms with Crippen LogP contribution in [-0.4, -0.2) is 24.9 Å². The number of nitrogens with one attached hydrogen (secondary N) is 1. The SMILES string of the molecule is C/C(NN(C)C)=C(/C#N)C(=O)/C=C\c1cccs1. The van der Waals surface area contributed by atoms with Crippen molar-refractivity contribution >= 4 is 23.2 Å². The summed E-state index contributed by atoms with van der Waals surface area (Å²) in [6.07, 6.45) is 3.14. The Kier molecular flexibility index (Phi) is 5.31. The van der Waals surface area contributed by atoms with E-state index in [1.807, 2.05) is 23.6 Å². The first-order valence-corrected chi connectivity index (χ1v) is 6.23. The highest BCUT2D eigenvalue weighted by molar-refractivity contribution is 7.10. The molecule has 0 bridgehead atoms. The lowest BCUT2D eigenvalue weighted by molar-refractivity contribution is -0.111. The predicted octanol–water partition coefficient (Wildman–Crippen LogP) is 2.19. The average Bonchev–Trinajstić information content (AvgIpc) is 2.79. The first kappa shape index (κ1) is 14.2. The molecule has 0 radical (unpaired) electrons. The minimum atomic E-state index is -0.294. The number of carbonyl (C=O) groups excluding carboxylic acids is 1. The molecule has 0 fully saturated rings. The Bertz CT molecular complexity index is 507. The van der Waals surface area contributed by atoms with E-state index in [1.165, 1.54) is 6.08 Å². The fourth-order valence-corrected chi connectivity index (χ4v) is 1.96. The number of hydrogen-bond acceptors (Lipinski definition) is 5. The second-order valence-corrected chi connectivity index (χ2v) is 4.81. The monoisotopic (exact) mass is 261 g/mol. The molecule has 1 N–H and O–H groups in total. The van der Waals surface area contributed by atoms with Crippen molar-refractivity contribution in [1.82, 2.24) is 10.4 Å². The fraction of sp³-hybridized carbons (Fsp3) is 0.231. The van der Waals surface area contributed by atoms with Gasteiger partial charge in [0.1, 0.15) is 11.6 Å². The highest BCUT2D eigenvalue weighted by Crippen LogP contribution is 2.11. The van der Waals surface area contributed by atoms with Crippen LogP contribution in [0.4, 0.5) is 0 Å². The molecule has 0 unspecified atom stereocenters. The molecule has 1 aromatic rings. The van der Waals surface area contributed by atoms with Crippen molar-refractivity contribution in [3.05, 3.63) is 39.7 Å². The largest absolute Gasteiger partial charge is 0.322 e. The summed E-state index contributed by atoms with van der Waals surface area (Å²) in [4.78, 5) is 12.9. The van der Waals surface area contributed by atoms with Crippen molar-refractivity contribution in [3.63, 3.8) is 0 Å². The molecule has 1 rings (SSSR count). The van der Waals surface area contributed by atoms with Gasteiger partial charge in [0, 0.05) is 24.7 Å². The zero-order chi connectivity index (χ0) is 13.5. The predicted molar refractivity (Wildman–Crippen MR) is 73.5 cm³/mol. The van der Waals surface area contributed by atoms with Crippen molar-refractivity contribution in [3.8, 4) is 6.07 Å². The molecule has 0 atom stereocenters. The maximum absolute atomic E-state index is 11.9. The van der Waals surface area contributed by atoms with Crippen LogP contribution in [-0.2, 0) is 4.79 Å². The minimum absolute atomic E-state index is 0.122. The number of allylic oxidation sites excluding steroid dienone is 3. The van der Waals surface area contributed by atoms with Crippen LogP contribution in [0, 0.1) is 11.3 Å². The van der Waals surface area contributed by atoms with Crippen LogP contribution in [0.3, 0.4) is 0 Å². The van der Waals surface area contributed by atoms with E-state index in [9.17, 15) is 4.79 Å². The normalized spacial score (nSPS) is 12.4. The number of nitriles is 1. The van der Waals surface area contributed by atoms with Crippen LogP contribution in [0.1, 0.15) is 11.8 Å². The van der Waals surface area contributed by atoms with E-state index >= 15 is 0 Å². The molecule has 0 spiro atoms. The van der Waals surface area contributed by atoms with Gasteiger partial charge in [0.2, 0.25) is 0 Å². The number of thiophene rings is 1. The summed E-state index contributed by atoms with van der Waals surface area (Å²) in [7, 11) is 3.59. The van der Waals surface area contributed by atoms with Gasteiger partial charge in [-0.25, -0.2) is 5.01 Å². The van der Waals surface area contributed by atoms with Gasteiger partial charge >= 0.3 is 0 Å². The molecule has 4 nitrogen and oxygen atoms in total. The smallest absolute Gasteiger partial charge is 0.198 e. The van der Waals surface area contributed by atoms with Gasteiger partial charge in [-0.3, -0.25) is 4.79 Å². The molecule has 0 aliphatic heterocycles. The first-order chi connectivity index (χ1) is 8.54. The average molecular weight is 261 g/mol. The number of nitrogens with zero attached hydrogens (tertiary/aromatic N) is 2. The lowest BCUT2D eigenvalue weighted by Crippen LogP contribution is -2.30. The van der Waals surface area contributed by atoms with Crippen molar-refractivity contribution < 1.29 is 4.79 Å². The van der Waals surface area contributed by atoms with Gasteiger partial charge in [0.15, 0.2) is 5.78 Å². The van der Waals surface area contributed by atoms with E-state index < -0.39 is 0 Å². The van der Waals surface area contributed by atoms with Crippen LogP contribution in [0.15, 0.2) is 34.9 Å². The Labute approximate surface area is 111 Å². The van der Waals surface area contributed by atoms with Gasteiger partial charge in [-0.05, 0) is 30.5 Å². The molecule has 1 aromatic heterocycles. The molecule has 0 amide bonds. The van der Waals surface area contributed by atoms with E-state index in [1.54, 1.807) is 43.4 Å². The van der Waals surface area contributed by atoms with Gasteiger partial charge in [0.25, 0.3) is 0 Å². The van der Waals surface area contributed by atoms with Crippen LogP contribution < -0.4 is 5.43 Å². The number of hydrazine groups is 1. The van der Waals surface area contributed by atoms with Gasteiger partial charge in [-0.15, -0.1) is 11.3 Å². The summed E-state index contributed by atoms with van der Waals surface area (Å²) in [5, 5.41) is 12.6. The van der Waals surface area contributed by atoms with Crippen molar-refractivity contribution in [2.45, 2.75) is 6.92 Å². The van der Waals surface area contributed by atoms with Gasteiger partial charge in [-0.1, -0.05) is 6.07 Å². The Balaban J connectivity index is 2.84. The highest BCUT2D eigenvalue weighted by Gasteiger charge is 2.10. The Hall–Kier alpha value is -1.90. The van der Waals surface area contributed by atoms with E-state index in [4.69, 9.17) is 5.26 Å². The molecule has 0 aliphatic carbocycles. The molecule has 0 saturated heterocycles. The van der Waals surface area contributed by atoms with E-state index in [-0.39, 0.29) is 11.4 Å². The number of hydrogen-bond donors (Lipinski definition) is 1. The van der Waals surface area contributed by atoms with Crippen LogP contribution in [0.25, 0.3) is 6.08 Å². The zero-order valence-corrected chi connectivity index (χ0v) is 11.4. The van der Waals surface area contributed by atoms with E-state index in [2.05, 4.69) is 5.43 Å². The van der Waals surface area contributed by atoms with Crippen molar-refractivity contribution in [1.29, 1.82) is 5.26 Å². The summed E-state index contributed by atoms with van der Waals surface area (Å²) < 4.78 is 0. The van der Waals surface area contributed by atoms with Crippen molar-refractivity contribution in [2.24, 2.45) is 0 Å². The molecule has 0 aromatic carbocycles. The quantitative estimate of drug-likeness (QED) is 0.501. The minimum Gasteiger partial charge on any atom is -0.322 e. The summed E-state index contributed by atoms with van der Waals surface area (Å²) in [6.45, 7) is 1.70. The second kappa shape index (κ2) is 6.74. The second-order valence-electron chi connectivity index (χ2n) is 3.83. The molecule has 0 aliphatic rings. The molecule has 94 valence electrons. The third kappa shape index (κ3) is 4.17. The Morgan fingerprint density at radius 2 is 2.28 bits per heavy atom. The maximum Gasteiger partial charge on any atom is 0.198 e. The lowest BCUT2D eigenvalue weighted by Gasteiger charge is -2.14. The lowest BCUT2D eigenvalue weighted by atomic mass is 10.1. The van der Waals surface area contributed by atoms with E-state index in [0.717, 1.165) is 4.88 Å². The molecule has 1 heterocycles. The van der Waals surface area contributed by atoms with Crippen LogP contribution >= 0.6 is 11.3 Å². The maximum atomic E-state index is 11.9. The fourth-order valence-electron chi connectivity index (χ4n) is 1.34. The molecular formula is C13H15N3OS. The summed E-state index contributed by atoms with van der Waals surface area (Å²) in [6, 6.07) is 5.75. The Morgan fingerprint density at radius 3 is 2.78 bits per heavy atom. The summed E-state index contributed by atoms with van der Waals surface area (Å²) >= 11 is 1.54. The first-order valence-electron chi connectivity index (χ1n) is 5.35. The van der Waals surface area contributed by atoms with Crippen LogP contribution in [0.5, 0.6) is 0 Å². The standard InChI is InChI=1S/C13H15N3OS/c1-10(15-16(2)3)12(9-14)13(17)7-6-11-5-4-8-18-11/h4-8,15H,1-3H3/b7-6-,12-10+. The highest BCUT2D eigenvalue weighted by atomic mass is 32.1. The van der Waals surface area contributed by atoms with Gasteiger partial charge in [0.05, 0.1) is 0 Å². The molecule has 5 heteroatoms.